The summed E-state index contributed by atoms with van der Waals surface area (Å²) in [5.74, 6) is 1.51. The molecule has 0 spiro atoms. The Morgan fingerprint density at radius 2 is 1.72 bits per heavy atom. The van der Waals surface area contributed by atoms with Gasteiger partial charge < -0.3 is 10.2 Å². The van der Waals surface area contributed by atoms with Crippen LogP contribution >= 0.6 is 0 Å². The van der Waals surface area contributed by atoms with Crippen molar-refractivity contribution < 1.29 is 9.59 Å². The van der Waals surface area contributed by atoms with Crippen LogP contribution in [0.25, 0.3) is 0 Å². The summed E-state index contributed by atoms with van der Waals surface area (Å²) < 4.78 is 0. The van der Waals surface area contributed by atoms with Crippen LogP contribution in [0.3, 0.4) is 0 Å². The van der Waals surface area contributed by atoms with Crippen LogP contribution in [0.1, 0.15) is 46.0 Å². The molecule has 1 N–H and O–H groups in total. The van der Waals surface area contributed by atoms with Crippen molar-refractivity contribution in [3.63, 3.8) is 0 Å². The van der Waals surface area contributed by atoms with Gasteiger partial charge in [0, 0.05) is 19.0 Å². The average Bonchev–Trinajstić information content (AvgIpc) is 3.12. The number of carbonyl (C=O) groups is 2. The van der Waals surface area contributed by atoms with E-state index in [4.69, 9.17) is 0 Å². The Labute approximate surface area is 108 Å². The zero-order valence-electron chi connectivity index (χ0n) is 11.2. The van der Waals surface area contributed by atoms with Crippen molar-refractivity contribution in [3.05, 3.63) is 0 Å². The summed E-state index contributed by atoms with van der Waals surface area (Å²) in [7, 11) is 0. The van der Waals surface area contributed by atoms with E-state index >= 15 is 0 Å². The Hall–Kier alpha value is -1.06. The topological polar surface area (TPSA) is 49.4 Å². The lowest BCUT2D eigenvalue weighted by Crippen LogP contribution is -2.55. The molecule has 0 bridgehead atoms. The van der Waals surface area contributed by atoms with Gasteiger partial charge in [0.2, 0.25) is 11.8 Å². The standard InChI is InChI=1S/C14H22N2O2/c1-14(2)13(18)16(8-7-11(17)15-14)12(9-3-4-9)10-5-6-10/h9-10,12H,3-8H2,1-2H3,(H,15,17). The van der Waals surface area contributed by atoms with Gasteiger partial charge in [-0.1, -0.05) is 0 Å². The van der Waals surface area contributed by atoms with Gasteiger partial charge in [-0.2, -0.15) is 0 Å². The first-order valence-electron chi connectivity index (χ1n) is 7.11. The van der Waals surface area contributed by atoms with E-state index in [1.54, 1.807) is 0 Å². The van der Waals surface area contributed by atoms with Crippen LogP contribution in [0.4, 0.5) is 0 Å². The molecule has 3 rings (SSSR count). The third-order valence-electron chi connectivity index (χ3n) is 4.40. The number of hydrogen-bond donors (Lipinski definition) is 1. The monoisotopic (exact) mass is 250 g/mol. The Bertz CT molecular complexity index is 371. The molecular formula is C14H22N2O2. The molecule has 2 saturated carbocycles. The van der Waals surface area contributed by atoms with Crippen LogP contribution in [0.5, 0.6) is 0 Å². The second kappa shape index (κ2) is 3.97. The molecule has 1 saturated heterocycles. The minimum Gasteiger partial charge on any atom is -0.342 e. The fraction of sp³-hybridized carbons (Fsp3) is 0.857. The highest BCUT2D eigenvalue weighted by Gasteiger charge is 2.49. The minimum atomic E-state index is -0.740. The summed E-state index contributed by atoms with van der Waals surface area (Å²) in [5, 5.41) is 2.84. The first-order chi connectivity index (χ1) is 8.49. The number of nitrogens with one attached hydrogen (secondary N) is 1. The molecule has 3 fully saturated rings. The van der Waals surface area contributed by atoms with E-state index in [0.717, 1.165) is 0 Å². The highest BCUT2D eigenvalue weighted by Crippen LogP contribution is 2.47. The molecule has 1 aliphatic heterocycles. The molecule has 18 heavy (non-hydrogen) atoms. The summed E-state index contributed by atoms with van der Waals surface area (Å²) >= 11 is 0. The van der Waals surface area contributed by atoms with Crippen LogP contribution in [0, 0.1) is 11.8 Å². The maximum absolute atomic E-state index is 12.6. The van der Waals surface area contributed by atoms with Crippen molar-refractivity contribution in [2.45, 2.75) is 57.5 Å². The lowest BCUT2D eigenvalue weighted by atomic mass is 9.99. The summed E-state index contributed by atoms with van der Waals surface area (Å²) in [5.41, 5.74) is -0.740. The number of rotatable bonds is 3. The molecule has 2 amide bonds. The van der Waals surface area contributed by atoms with E-state index < -0.39 is 5.54 Å². The van der Waals surface area contributed by atoms with E-state index in [1.165, 1.54) is 25.7 Å². The number of amides is 2. The fourth-order valence-electron chi connectivity index (χ4n) is 3.20. The van der Waals surface area contributed by atoms with Gasteiger partial charge in [-0.3, -0.25) is 9.59 Å². The summed E-state index contributed by atoms with van der Waals surface area (Å²) in [4.78, 5) is 26.3. The Morgan fingerprint density at radius 3 is 2.22 bits per heavy atom. The van der Waals surface area contributed by atoms with Gasteiger partial charge in [-0.15, -0.1) is 0 Å². The van der Waals surface area contributed by atoms with Crippen molar-refractivity contribution in [1.29, 1.82) is 0 Å². The lowest BCUT2D eigenvalue weighted by Gasteiger charge is -2.35. The molecular weight excluding hydrogens is 228 g/mol. The van der Waals surface area contributed by atoms with Crippen molar-refractivity contribution >= 4 is 11.8 Å². The molecule has 1 heterocycles. The van der Waals surface area contributed by atoms with Crippen molar-refractivity contribution in [3.8, 4) is 0 Å². The van der Waals surface area contributed by atoms with E-state index in [9.17, 15) is 9.59 Å². The first-order valence-corrected chi connectivity index (χ1v) is 7.11. The van der Waals surface area contributed by atoms with Gasteiger partial charge in [0.25, 0.3) is 0 Å². The van der Waals surface area contributed by atoms with Gasteiger partial charge in [0.05, 0.1) is 0 Å². The third-order valence-corrected chi connectivity index (χ3v) is 4.40. The second-order valence-corrected chi connectivity index (χ2v) is 6.59. The Kier molecular flexibility index (Phi) is 2.65. The number of hydrogen-bond acceptors (Lipinski definition) is 2. The summed E-state index contributed by atoms with van der Waals surface area (Å²) in [6.07, 6.45) is 5.48. The minimum absolute atomic E-state index is 0.00111. The normalized spacial score (nSPS) is 28.3. The molecule has 0 atom stereocenters. The van der Waals surface area contributed by atoms with Gasteiger partial charge in [-0.05, 0) is 51.4 Å². The number of nitrogens with zero attached hydrogens (tertiary/aromatic N) is 1. The average molecular weight is 250 g/mol. The summed E-state index contributed by atoms with van der Waals surface area (Å²) in [6, 6.07) is 0.407. The molecule has 0 radical (unpaired) electrons. The van der Waals surface area contributed by atoms with Gasteiger partial charge in [0.15, 0.2) is 0 Å². The molecule has 4 heteroatoms. The van der Waals surface area contributed by atoms with E-state index in [0.29, 0.717) is 30.8 Å². The molecule has 0 unspecified atom stereocenters. The highest BCUT2D eigenvalue weighted by atomic mass is 16.2. The van der Waals surface area contributed by atoms with E-state index in [1.807, 2.05) is 18.7 Å². The largest absolute Gasteiger partial charge is 0.342 e. The predicted molar refractivity (Wildman–Crippen MR) is 67.8 cm³/mol. The van der Waals surface area contributed by atoms with Gasteiger partial charge in [0.1, 0.15) is 5.54 Å². The van der Waals surface area contributed by atoms with E-state index in [-0.39, 0.29) is 11.8 Å². The van der Waals surface area contributed by atoms with Gasteiger partial charge >= 0.3 is 0 Å². The van der Waals surface area contributed by atoms with Crippen molar-refractivity contribution in [2.75, 3.05) is 6.54 Å². The molecule has 0 aromatic carbocycles. The Morgan fingerprint density at radius 1 is 1.17 bits per heavy atom. The third kappa shape index (κ3) is 2.13. The molecule has 3 aliphatic rings. The van der Waals surface area contributed by atoms with Crippen LogP contribution < -0.4 is 5.32 Å². The predicted octanol–water partition coefficient (Wildman–Crippen LogP) is 1.30. The van der Waals surface area contributed by atoms with E-state index in [2.05, 4.69) is 5.32 Å². The molecule has 4 nitrogen and oxygen atoms in total. The molecule has 100 valence electrons. The van der Waals surface area contributed by atoms with Crippen LogP contribution in [0.2, 0.25) is 0 Å². The lowest BCUT2D eigenvalue weighted by molar-refractivity contribution is -0.140. The zero-order valence-corrected chi connectivity index (χ0v) is 11.2. The zero-order chi connectivity index (χ0) is 12.9. The SMILES string of the molecule is CC1(C)NC(=O)CCN(C(C2CC2)C2CC2)C1=O. The molecule has 0 aromatic rings. The smallest absolute Gasteiger partial charge is 0.248 e. The fourth-order valence-corrected chi connectivity index (χ4v) is 3.20. The number of carbonyl (C=O) groups excluding carboxylic acids is 2. The van der Waals surface area contributed by atoms with Crippen LogP contribution in [0.15, 0.2) is 0 Å². The molecule has 0 aromatic heterocycles. The van der Waals surface area contributed by atoms with Crippen LogP contribution in [-0.2, 0) is 9.59 Å². The first kappa shape index (κ1) is 12.0. The van der Waals surface area contributed by atoms with Crippen LogP contribution in [-0.4, -0.2) is 34.8 Å². The van der Waals surface area contributed by atoms with Gasteiger partial charge in [-0.25, -0.2) is 0 Å². The second-order valence-electron chi connectivity index (χ2n) is 6.59. The summed E-state index contributed by atoms with van der Waals surface area (Å²) in [6.45, 7) is 4.25. The Balaban J connectivity index is 1.84. The highest BCUT2D eigenvalue weighted by molar-refractivity contribution is 5.93. The maximum Gasteiger partial charge on any atom is 0.248 e. The molecule has 2 aliphatic carbocycles. The van der Waals surface area contributed by atoms with Crippen molar-refractivity contribution in [2.24, 2.45) is 11.8 Å². The quantitative estimate of drug-likeness (QED) is 0.821. The van der Waals surface area contributed by atoms with Crippen molar-refractivity contribution in [1.82, 2.24) is 10.2 Å². The maximum atomic E-state index is 12.6.